The predicted octanol–water partition coefficient (Wildman–Crippen LogP) is 7.44. The Labute approximate surface area is 183 Å². The molecule has 0 nitrogen and oxygen atoms in total. The topological polar surface area (TPSA) is 0 Å². The van der Waals surface area contributed by atoms with Crippen LogP contribution in [0.4, 0.5) is 0 Å². The molecule has 0 aliphatic carbocycles. The molecule has 0 atom stereocenters. The van der Waals surface area contributed by atoms with Crippen molar-refractivity contribution in [3.63, 3.8) is 0 Å². The Morgan fingerprint density at radius 2 is 0.893 bits per heavy atom. The Balaban J connectivity index is 0.00000235. The summed E-state index contributed by atoms with van der Waals surface area (Å²) < 4.78 is 0. The quantitative estimate of drug-likeness (QED) is 0.274. The molecule has 0 amide bonds. The van der Waals surface area contributed by atoms with Gasteiger partial charge in [0.25, 0.3) is 0 Å². The summed E-state index contributed by atoms with van der Waals surface area (Å²) in [5, 5.41) is 0. The molecule has 2 rings (SSSR count). The largest absolute Gasteiger partial charge is 1.00 e. The standard InChI is InChI=1S/C25H29.C2H4.Cu/c1-16(14-24-20(5)10-18(3)11-21(24)6)9-17(2)15-25-22(7)12-19(4)13-23(25)8;1-2;/h9-13H,1-8H3;1-2H2;/q-3;;+1. The Morgan fingerprint density at radius 3 is 1.14 bits per heavy atom. The molecule has 0 N–H and O–H groups in total. The second kappa shape index (κ2) is 11.8. The molecule has 1 heteroatoms. The van der Waals surface area contributed by atoms with Crippen molar-refractivity contribution in [3.05, 3.63) is 112 Å². The van der Waals surface area contributed by atoms with Crippen molar-refractivity contribution in [3.8, 4) is 0 Å². The minimum absolute atomic E-state index is 0. The van der Waals surface area contributed by atoms with Crippen LogP contribution < -0.4 is 0 Å². The van der Waals surface area contributed by atoms with Crippen LogP contribution in [0.5, 0.6) is 0 Å². The van der Waals surface area contributed by atoms with E-state index in [0.717, 1.165) is 11.1 Å². The summed E-state index contributed by atoms with van der Waals surface area (Å²) in [6.45, 7) is 23.1. The minimum Gasteiger partial charge on any atom is -0.277 e. The van der Waals surface area contributed by atoms with Gasteiger partial charge in [-0.15, -0.1) is 65.1 Å². The number of aryl methyl sites for hydroxylation is 6. The average Bonchev–Trinajstić information content (AvgIpc) is 2.56. The van der Waals surface area contributed by atoms with E-state index < -0.39 is 0 Å². The molecule has 0 saturated heterocycles. The van der Waals surface area contributed by atoms with E-state index in [4.69, 9.17) is 0 Å². The molecule has 0 heterocycles. The van der Waals surface area contributed by atoms with Gasteiger partial charge in [-0.25, -0.2) is 39.8 Å². The second-order valence-electron chi connectivity index (χ2n) is 7.31. The third-order valence-corrected chi connectivity index (χ3v) is 4.43. The molecule has 2 aromatic rings. The molecular formula is C27H33Cu-2. The number of hydrogen-bond acceptors (Lipinski definition) is 0. The molecule has 0 radical (unpaired) electrons. The summed E-state index contributed by atoms with van der Waals surface area (Å²) in [4.78, 5) is 0. The zero-order valence-electron chi connectivity index (χ0n) is 18.6. The van der Waals surface area contributed by atoms with Crippen LogP contribution >= 0.6 is 0 Å². The minimum atomic E-state index is 0. The van der Waals surface area contributed by atoms with Gasteiger partial charge in [-0.1, -0.05) is 25.0 Å². The molecule has 0 bridgehead atoms. The Kier molecular flexibility index (Phi) is 11.0. The van der Waals surface area contributed by atoms with Gasteiger partial charge >= 0.3 is 17.1 Å². The Hall–Kier alpha value is -1.95. The summed E-state index contributed by atoms with van der Waals surface area (Å²) in [5.74, 6) is 0. The van der Waals surface area contributed by atoms with E-state index in [-0.39, 0.29) is 17.1 Å². The smallest absolute Gasteiger partial charge is 0.277 e. The first kappa shape index (κ1) is 26.0. The summed E-state index contributed by atoms with van der Waals surface area (Å²) in [6, 6.07) is 8.87. The van der Waals surface area contributed by atoms with Gasteiger partial charge < -0.3 is 0 Å². The van der Waals surface area contributed by atoms with E-state index in [0.29, 0.717) is 0 Å². The van der Waals surface area contributed by atoms with Crippen LogP contribution in [0.15, 0.2) is 48.6 Å². The third-order valence-electron chi connectivity index (χ3n) is 4.43. The van der Waals surface area contributed by atoms with E-state index in [1.807, 2.05) is 0 Å². The van der Waals surface area contributed by atoms with Crippen LogP contribution in [0.25, 0.3) is 0 Å². The summed E-state index contributed by atoms with van der Waals surface area (Å²) in [5.41, 5.74) is 12.4. The van der Waals surface area contributed by atoms with Gasteiger partial charge in [-0.05, 0) is 13.8 Å². The van der Waals surface area contributed by atoms with Gasteiger partial charge in [0, 0.05) is 0 Å². The summed E-state index contributed by atoms with van der Waals surface area (Å²) in [6.07, 6.45) is 9.29. The fourth-order valence-electron chi connectivity index (χ4n) is 3.55. The molecule has 0 saturated carbocycles. The maximum atomic E-state index is 3.56. The van der Waals surface area contributed by atoms with Crippen LogP contribution in [0.1, 0.15) is 58.4 Å². The van der Waals surface area contributed by atoms with Gasteiger partial charge in [-0.2, -0.15) is 0 Å². The summed E-state index contributed by atoms with van der Waals surface area (Å²) in [7, 11) is 0. The number of rotatable bonds is 4. The van der Waals surface area contributed by atoms with Crippen molar-refractivity contribution in [2.45, 2.75) is 55.4 Å². The van der Waals surface area contributed by atoms with Gasteiger partial charge in [0.05, 0.1) is 0 Å². The van der Waals surface area contributed by atoms with Gasteiger partial charge in [0.1, 0.15) is 0 Å². The van der Waals surface area contributed by atoms with Crippen LogP contribution in [-0.2, 0) is 17.1 Å². The van der Waals surface area contributed by atoms with E-state index in [9.17, 15) is 0 Å². The molecular weight excluding hydrogens is 388 g/mol. The van der Waals surface area contributed by atoms with E-state index in [2.05, 4.69) is 111 Å². The fourth-order valence-corrected chi connectivity index (χ4v) is 3.55. The second-order valence-corrected chi connectivity index (χ2v) is 7.31. The molecule has 0 unspecified atom stereocenters. The monoisotopic (exact) mass is 420 g/mol. The first-order valence-corrected chi connectivity index (χ1v) is 9.39. The van der Waals surface area contributed by atoms with Crippen LogP contribution in [0, 0.1) is 60.1 Å². The third kappa shape index (κ3) is 7.23. The van der Waals surface area contributed by atoms with Crippen molar-refractivity contribution < 1.29 is 17.1 Å². The van der Waals surface area contributed by atoms with E-state index in [1.165, 1.54) is 44.5 Å². The first-order valence-electron chi connectivity index (χ1n) is 9.39. The molecule has 2 aromatic carbocycles. The van der Waals surface area contributed by atoms with E-state index in [1.54, 1.807) is 0 Å². The maximum Gasteiger partial charge on any atom is 1.00 e. The zero-order chi connectivity index (χ0) is 20.7. The molecule has 0 aromatic heterocycles. The molecule has 28 heavy (non-hydrogen) atoms. The predicted molar refractivity (Wildman–Crippen MR) is 120 cm³/mol. The summed E-state index contributed by atoms with van der Waals surface area (Å²) >= 11 is 0. The number of benzene rings is 2. The zero-order valence-corrected chi connectivity index (χ0v) is 19.5. The average molecular weight is 421 g/mol. The normalized spacial score (nSPS) is 11.3. The first-order chi connectivity index (χ1) is 12.7. The molecule has 0 fully saturated rings. The Morgan fingerprint density at radius 1 is 0.643 bits per heavy atom. The van der Waals surface area contributed by atoms with Crippen LogP contribution in [-0.4, -0.2) is 0 Å². The molecule has 0 aliphatic rings. The van der Waals surface area contributed by atoms with E-state index >= 15 is 0 Å². The molecule has 154 valence electrons. The van der Waals surface area contributed by atoms with Crippen LogP contribution in [0.3, 0.4) is 0 Å². The van der Waals surface area contributed by atoms with Crippen molar-refractivity contribution in [1.29, 1.82) is 0 Å². The van der Waals surface area contributed by atoms with Crippen LogP contribution in [0.2, 0.25) is 0 Å². The van der Waals surface area contributed by atoms with Crippen molar-refractivity contribution in [2.24, 2.45) is 0 Å². The number of allylic oxidation sites excluding steroid dienone is 2. The Bertz CT molecular complexity index is 748. The van der Waals surface area contributed by atoms with Gasteiger partial charge in [-0.3, -0.25) is 23.3 Å². The van der Waals surface area contributed by atoms with Crippen molar-refractivity contribution in [2.75, 3.05) is 0 Å². The molecule has 0 aliphatic heterocycles. The van der Waals surface area contributed by atoms with Crippen molar-refractivity contribution in [1.82, 2.24) is 0 Å². The SMILES string of the molecule is C=C.CC(=[C-]c1c(C)cc(C)cc1C)[CH-]C(C)=[C-]c1c(C)cc(C)cc1C.[Cu+]. The maximum absolute atomic E-state index is 3.56. The molecule has 0 spiro atoms. The number of hydrogen-bond donors (Lipinski definition) is 0. The van der Waals surface area contributed by atoms with Crippen molar-refractivity contribution >= 4 is 0 Å². The fraction of sp³-hybridized carbons (Fsp3) is 0.296. The van der Waals surface area contributed by atoms with Gasteiger partial charge in [0.2, 0.25) is 0 Å². The van der Waals surface area contributed by atoms with Gasteiger partial charge in [0.15, 0.2) is 0 Å².